The molecular formula is C12H18N4O2. The van der Waals surface area contributed by atoms with E-state index in [1.807, 2.05) is 6.07 Å². The normalized spacial score (nSPS) is 12.8. The van der Waals surface area contributed by atoms with Crippen LogP contribution in [0.4, 0.5) is 0 Å². The van der Waals surface area contributed by atoms with E-state index in [1.54, 1.807) is 20.3 Å². The topological polar surface area (TPSA) is 86.1 Å². The second-order valence-electron chi connectivity index (χ2n) is 4.09. The zero-order valence-electron chi connectivity index (χ0n) is 10.6. The lowest BCUT2D eigenvalue weighted by atomic mass is 10.1. The van der Waals surface area contributed by atoms with E-state index in [0.29, 0.717) is 18.1 Å². The molecule has 98 valence electrons. The molecule has 0 aromatic carbocycles. The number of H-pyrrole nitrogens is 1. The number of fused-ring (bicyclic) bond motifs is 1. The van der Waals surface area contributed by atoms with E-state index in [2.05, 4.69) is 15.0 Å². The van der Waals surface area contributed by atoms with Crippen LogP contribution in [0.25, 0.3) is 11.2 Å². The summed E-state index contributed by atoms with van der Waals surface area (Å²) < 4.78 is 10.1. The van der Waals surface area contributed by atoms with Crippen molar-refractivity contribution in [3.05, 3.63) is 18.0 Å². The number of aromatic nitrogens is 3. The van der Waals surface area contributed by atoms with Gasteiger partial charge in [-0.05, 0) is 18.9 Å². The number of hydrogen-bond donors (Lipinski definition) is 2. The second-order valence-corrected chi connectivity index (χ2v) is 4.09. The molecule has 0 aliphatic rings. The number of nitrogens with one attached hydrogen (secondary N) is 1. The van der Waals surface area contributed by atoms with Gasteiger partial charge >= 0.3 is 0 Å². The minimum atomic E-state index is -0.125. The van der Waals surface area contributed by atoms with Gasteiger partial charge in [0, 0.05) is 19.8 Å². The molecule has 0 amide bonds. The van der Waals surface area contributed by atoms with Gasteiger partial charge in [-0.2, -0.15) is 4.98 Å². The zero-order valence-corrected chi connectivity index (χ0v) is 10.6. The molecule has 2 aromatic rings. The van der Waals surface area contributed by atoms with Crippen molar-refractivity contribution in [2.45, 2.75) is 18.9 Å². The van der Waals surface area contributed by atoms with Gasteiger partial charge in [-0.3, -0.25) is 0 Å². The fourth-order valence-corrected chi connectivity index (χ4v) is 1.77. The summed E-state index contributed by atoms with van der Waals surface area (Å²) in [5.74, 6) is 1.30. The Morgan fingerprint density at radius 1 is 1.33 bits per heavy atom. The zero-order chi connectivity index (χ0) is 13.0. The molecule has 18 heavy (non-hydrogen) atoms. The maximum atomic E-state index is 6.06. The van der Waals surface area contributed by atoms with Crippen molar-refractivity contribution in [3.8, 4) is 5.88 Å². The summed E-state index contributed by atoms with van der Waals surface area (Å²) in [4.78, 5) is 11.8. The van der Waals surface area contributed by atoms with Gasteiger partial charge in [0.25, 0.3) is 0 Å². The summed E-state index contributed by atoms with van der Waals surface area (Å²) in [6, 6.07) is 3.56. The van der Waals surface area contributed by atoms with Crippen LogP contribution in [0, 0.1) is 0 Å². The molecule has 0 aliphatic heterocycles. The predicted molar refractivity (Wildman–Crippen MR) is 68.5 cm³/mol. The Morgan fingerprint density at radius 3 is 2.89 bits per heavy atom. The van der Waals surface area contributed by atoms with Crippen LogP contribution in [-0.4, -0.2) is 35.8 Å². The Kier molecular flexibility index (Phi) is 4.11. The number of pyridine rings is 1. The van der Waals surface area contributed by atoms with E-state index in [0.717, 1.165) is 24.2 Å². The first-order valence-corrected chi connectivity index (χ1v) is 5.89. The number of methoxy groups -OCH3 is 2. The molecule has 0 aliphatic carbocycles. The number of nitrogens with zero attached hydrogens (tertiary/aromatic N) is 2. The van der Waals surface area contributed by atoms with Gasteiger partial charge in [0.1, 0.15) is 5.82 Å². The molecule has 2 aromatic heterocycles. The van der Waals surface area contributed by atoms with Crippen LogP contribution in [0.1, 0.15) is 24.7 Å². The van der Waals surface area contributed by atoms with Gasteiger partial charge < -0.3 is 20.2 Å². The lowest BCUT2D eigenvalue weighted by Crippen LogP contribution is -2.12. The van der Waals surface area contributed by atoms with E-state index < -0.39 is 0 Å². The molecule has 0 fully saturated rings. The van der Waals surface area contributed by atoms with Gasteiger partial charge in [-0.1, -0.05) is 0 Å². The highest BCUT2D eigenvalue weighted by molar-refractivity contribution is 5.71. The van der Waals surface area contributed by atoms with Crippen LogP contribution in [0.5, 0.6) is 5.88 Å². The van der Waals surface area contributed by atoms with Crippen molar-refractivity contribution >= 4 is 11.2 Å². The summed E-state index contributed by atoms with van der Waals surface area (Å²) >= 11 is 0. The van der Waals surface area contributed by atoms with Crippen LogP contribution < -0.4 is 10.5 Å². The summed E-state index contributed by atoms with van der Waals surface area (Å²) in [6.45, 7) is 0.708. The van der Waals surface area contributed by atoms with E-state index in [9.17, 15) is 0 Å². The lowest BCUT2D eigenvalue weighted by molar-refractivity contribution is 0.190. The second kappa shape index (κ2) is 5.79. The molecule has 0 spiro atoms. The Morgan fingerprint density at radius 2 is 2.17 bits per heavy atom. The highest BCUT2D eigenvalue weighted by Gasteiger charge is 2.12. The van der Waals surface area contributed by atoms with Crippen molar-refractivity contribution in [1.29, 1.82) is 0 Å². The molecule has 3 N–H and O–H groups in total. The molecule has 6 nitrogen and oxygen atoms in total. The minimum absolute atomic E-state index is 0.125. The Bertz CT molecular complexity index is 512. The molecule has 0 radical (unpaired) electrons. The SMILES string of the molecule is COCCCC(N)c1nc2nc(OC)ccc2[nH]1. The molecule has 2 heterocycles. The number of ether oxygens (including phenoxy) is 2. The molecule has 6 heteroatoms. The molecule has 0 bridgehead atoms. The highest BCUT2D eigenvalue weighted by Crippen LogP contribution is 2.18. The van der Waals surface area contributed by atoms with E-state index in [1.165, 1.54) is 0 Å². The van der Waals surface area contributed by atoms with Crippen molar-refractivity contribution in [2.75, 3.05) is 20.8 Å². The fraction of sp³-hybridized carbons (Fsp3) is 0.500. The summed E-state index contributed by atoms with van der Waals surface area (Å²) in [7, 11) is 3.27. The van der Waals surface area contributed by atoms with Gasteiger partial charge in [0.05, 0.1) is 18.7 Å². The largest absolute Gasteiger partial charge is 0.481 e. The molecular weight excluding hydrogens is 232 g/mol. The van der Waals surface area contributed by atoms with E-state index >= 15 is 0 Å². The average Bonchev–Trinajstić information content (AvgIpc) is 2.81. The van der Waals surface area contributed by atoms with Crippen molar-refractivity contribution < 1.29 is 9.47 Å². The highest BCUT2D eigenvalue weighted by atomic mass is 16.5. The standard InChI is InChI=1S/C12H18N4O2/c1-17-7-3-4-8(13)11-14-9-5-6-10(18-2)15-12(9)16-11/h5-6,8H,3-4,7,13H2,1-2H3,(H,14,15,16). The first-order valence-electron chi connectivity index (χ1n) is 5.89. The molecule has 1 unspecified atom stereocenters. The number of hydrogen-bond acceptors (Lipinski definition) is 5. The molecule has 0 saturated carbocycles. The fourth-order valence-electron chi connectivity index (χ4n) is 1.77. The van der Waals surface area contributed by atoms with Gasteiger partial charge in [-0.15, -0.1) is 0 Å². The Labute approximate surface area is 106 Å². The van der Waals surface area contributed by atoms with Crippen molar-refractivity contribution in [1.82, 2.24) is 15.0 Å². The van der Waals surface area contributed by atoms with Crippen molar-refractivity contribution in [3.63, 3.8) is 0 Å². The van der Waals surface area contributed by atoms with Crippen LogP contribution in [0.2, 0.25) is 0 Å². The first-order chi connectivity index (χ1) is 8.74. The maximum absolute atomic E-state index is 6.06. The van der Waals surface area contributed by atoms with Gasteiger partial charge in [0.2, 0.25) is 5.88 Å². The lowest BCUT2D eigenvalue weighted by Gasteiger charge is -2.07. The number of imidazole rings is 1. The summed E-state index contributed by atoms with van der Waals surface area (Å²) in [5, 5.41) is 0. The monoisotopic (exact) mass is 250 g/mol. The Balaban J connectivity index is 2.13. The maximum Gasteiger partial charge on any atom is 0.215 e. The Hall–Kier alpha value is -1.66. The van der Waals surface area contributed by atoms with Gasteiger partial charge in [-0.25, -0.2) is 4.98 Å². The smallest absolute Gasteiger partial charge is 0.215 e. The average molecular weight is 250 g/mol. The third kappa shape index (κ3) is 2.77. The number of rotatable bonds is 6. The minimum Gasteiger partial charge on any atom is -0.481 e. The molecule has 2 rings (SSSR count). The predicted octanol–water partition coefficient (Wildman–Crippen LogP) is 1.39. The van der Waals surface area contributed by atoms with Crippen molar-refractivity contribution in [2.24, 2.45) is 5.73 Å². The first kappa shape index (κ1) is 12.8. The molecule has 0 saturated heterocycles. The van der Waals surface area contributed by atoms with Crippen LogP contribution in [0.3, 0.4) is 0 Å². The van der Waals surface area contributed by atoms with Gasteiger partial charge in [0.15, 0.2) is 5.65 Å². The number of aromatic amines is 1. The van der Waals surface area contributed by atoms with E-state index in [-0.39, 0.29) is 6.04 Å². The number of nitrogens with two attached hydrogens (primary N) is 1. The third-order valence-corrected chi connectivity index (χ3v) is 2.76. The third-order valence-electron chi connectivity index (χ3n) is 2.76. The summed E-state index contributed by atoms with van der Waals surface area (Å²) in [5.41, 5.74) is 7.56. The van der Waals surface area contributed by atoms with Crippen LogP contribution >= 0.6 is 0 Å². The van der Waals surface area contributed by atoms with Crippen LogP contribution in [0.15, 0.2) is 12.1 Å². The van der Waals surface area contributed by atoms with Crippen LogP contribution in [-0.2, 0) is 4.74 Å². The summed E-state index contributed by atoms with van der Waals surface area (Å²) in [6.07, 6.45) is 1.73. The quantitative estimate of drug-likeness (QED) is 0.757. The van der Waals surface area contributed by atoms with E-state index in [4.69, 9.17) is 15.2 Å². The molecule has 1 atom stereocenters.